The third-order valence-electron chi connectivity index (χ3n) is 3.24. The highest BCUT2D eigenvalue weighted by atomic mass is 35.5. The van der Waals surface area contributed by atoms with Crippen LogP contribution in [0.5, 0.6) is 5.75 Å². The third kappa shape index (κ3) is 2.73. The van der Waals surface area contributed by atoms with Crippen molar-refractivity contribution in [3.63, 3.8) is 0 Å². The van der Waals surface area contributed by atoms with Crippen LogP contribution in [0.3, 0.4) is 0 Å². The monoisotopic (exact) mass is 296 g/mol. The van der Waals surface area contributed by atoms with Gasteiger partial charge in [0.2, 0.25) is 0 Å². The Morgan fingerprint density at radius 2 is 1.76 bits per heavy atom. The molecule has 0 saturated carbocycles. The van der Waals surface area contributed by atoms with Crippen LogP contribution < -0.4 is 0 Å². The fourth-order valence-electron chi connectivity index (χ4n) is 2.15. The van der Waals surface area contributed by atoms with E-state index in [1.165, 1.54) is 0 Å². The highest BCUT2D eigenvalue weighted by Crippen LogP contribution is 2.36. The van der Waals surface area contributed by atoms with Crippen molar-refractivity contribution in [3.8, 4) is 5.75 Å². The Hall–Kier alpha value is -2.39. The van der Waals surface area contributed by atoms with Crippen LogP contribution in [0.1, 0.15) is 5.56 Å². The molecular weight excluding hydrogens is 284 g/mol. The second-order valence-corrected chi connectivity index (χ2v) is 5.22. The predicted octanol–water partition coefficient (Wildman–Crippen LogP) is 5.92. The van der Waals surface area contributed by atoms with Gasteiger partial charge in [0.05, 0.1) is 5.02 Å². The number of phenolic OH excluding ortho intramolecular Hbond substituents is 1. The average molecular weight is 297 g/mol. The highest BCUT2D eigenvalue weighted by molar-refractivity contribution is 6.33. The molecule has 0 aromatic heterocycles. The lowest BCUT2D eigenvalue weighted by molar-refractivity contribution is 0.477. The number of rotatable bonds is 2. The summed E-state index contributed by atoms with van der Waals surface area (Å²) in [5, 5.41) is 20.8. The quantitative estimate of drug-likeness (QED) is 0.586. The molecule has 0 aliphatic rings. The van der Waals surface area contributed by atoms with E-state index >= 15 is 0 Å². The molecule has 0 aliphatic carbocycles. The van der Waals surface area contributed by atoms with Gasteiger partial charge in [-0.3, -0.25) is 0 Å². The zero-order valence-corrected chi connectivity index (χ0v) is 12.2. The van der Waals surface area contributed by atoms with Crippen molar-refractivity contribution >= 4 is 33.7 Å². The molecule has 3 aromatic rings. The normalized spacial score (nSPS) is 11.3. The summed E-state index contributed by atoms with van der Waals surface area (Å²) in [4.78, 5) is 0. The van der Waals surface area contributed by atoms with Gasteiger partial charge in [-0.05, 0) is 36.1 Å². The van der Waals surface area contributed by atoms with E-state index in [4.69, 9.17) is 11.6 Å². The van der Waals surface area contributed by atoms with Crippen molar-refractivity contribution < 1.29 is 5.11 Å². The number of phenols is 1. The summed E-state index contributed by atoms with van der Waals surface area (Å²) in [6.45, 7) is 1.96. The minimum Gasteiger partial charge on any atom is -0.506 e. The first-order valence-electron chi connectivity index (χ1n) is 6.54. The van der Waals surface area contributed by atoms with Gasteiger partial charge < -0.3 is 5.11 Å². The number of aromatic hydroxyl groups is 1. The van der Waals surface area contributed by atoms with Crippen LogP contribution in [0.4, 0.5) is 11.4 Å². The van der Waals surface area contributed by atoms with E-state index < -0.39 is 0 Å². The molecular formula is C17H13ClN2O. The number of hydrogen-bond acceptors (Lipinski definition) is 3. The topological polar surface area (TPSA) is 45.0 Å². The number of azo groups is 1. The molecule has 4 heteroatoms. The maximum Gasteiger partial charge on any atom is 0.143 e. The van der Waals surface area contributed by atoms with Crippen LogP contribution in [0, 0.1) is 6.92 Å². The summed E-state index contributed by atoms with van der Waals surface area (Å²) >= 11 is 6.14. The molecule has 21 heavy (non-hydrogen) atoms. The molecule has 0 atom stereocenters. The standard InChI is InChI=1S/C17H13ClN2O/c1-11-6-8-15(14(18)10-11)19-20-17-13-5-3-2-4-12(13)7-9-16(17)21/h2-10,21H,1H3/b20-19+. The average Bonchev–Trinajstić information content (AvgIpc) is 2.48. The smallest absolute Gasteiger partial charge is 0.143 e. The Balaban J connectivity index is 2.09. The molecule has 0 fully saturated rings. The van der Waals surface area contributed by atoms with E-state index in [1.807, 2.05) is 55.5 Å². The van der Waals surface area contributed by atoms with Gasteiger partial charge in [0.1, 0.15) is 17.1 Å². The minimum atomic E-state index is 0.0979. The van der Waals surface area contributed by atoms with Gasteiger partial charge >= 0.3 is 0 Å². The molecule has 0 bridgehead atoms. The molecule has 3 nitrogen and oxygen atoms in total. The molecule has 104 valence electrons. The van der Waals surface area contributed by atoms with Gasteiger partial charge in [0.15, 0.2) is 0 Å². The van der Waals surface area contributed by atoms with Crippen molar-refractivity contribution in [1.82, 2.24) is 0 Å². The highest BCUT2D eigenvalue weighted by Gasteiger charge is 2.06. The van der Waals surface area contributed by atoms with E-state index in [0.717, 1.165) is 16.3 Å². The number of aryl methyl sites for hydroxylation is 1. The molecule has 0 radical (unpaired) electrons. The van der Waals surface area contributed by atoms with Crippen molar-refractivity contribution in [2.75, 3.05) is 0 Å². The van der Waals surface area contributed by atoms with Crippen molar-refractivity contribution in [2.45, 2.75) is 6.92 Å². The van der Waals surface area contributed by atoms with Crippen LogP contribution in [0.25, 0.3) is 10.8 Å². The fourth-order valence-corrected chi connectivity index (χ4v) is 2.42. The minimum absolute atomic E-state index is 0.0979. The molecule has 0 heterocycles. The van der Waals surface area contributed by atoms with Gasteiger partial charge in [-0.15, -0.1) is 10.2 Å². The van der Waals surface area contributed by atoms with Gasteiger partial charge in [0, 0.05) is 5.39 Å². The van der Waals surface area contributed by atoms with E-state index in [9.17, 15) is 5.11 Å². The summed E-state index contributed by atoms with van der Waals surface area (Å²) < 4.78 is 0. The van der Waals surface area contributed by atoms with E-state index in [0.29, 0.717) is 16.4 Å². The Labute approximate surface area is 127 Å². The van der Waals surface area contributed by atoms with Gasteiger partial charge in [0.25, 0.3) is 0 Å². The van der Waals surface area contributed by atoms with Crippen molar-refractivity contribution in [1.29, 1.82) is 0 Å². The van der Waals surface area contributed by atoms with Gasteiger partial charge in [-0.25, -0.2) is 0 Å². The Kier molecular flexibility index (Phi) is 3.59. The number of halogens is 1. The first kappa shape index (κ1) is 13.6. The summed E-state index contributed by atoms with van der Waals surface area (Å²) in [6.07, 6.45) is 0. The van der Waals surface area contributed by atoms with E-state index in [1.54, 1.807) is 6.07 Å². The van der Waals surface area contributed by atoms with Crippen LogP contribution in [0.15, 0.2) is 64.8 Å². The summed E-state index contributed by atoms with van der Waals surface area (Å²) in [7, 11) is 0. The number of fused-ring (bicyclic) bond motifs is 1. The molecule has 0 aliphatic heterocycles. The summed E-state index contributed by atoms with van der Waals surface area (Å²) in [5.74, 6) is 0.0979. The lowest BCUT2D eigenvalue weighted by Crippen LogP contribution is -1.75. The van der Waals surface area contributed by atoms with Crippen LogP contribution >= 0.6 is 11.6 Å². The number of nitrogens with zero attached hydrogens (tertiary/aromatic N) is 2. The van der Waals surface area contributed by atoms with E-state index in [2.05, 4.69) is 10.2 Å². The zero-order valence-electron chi connectivity index (χ0n) is 11.4. The first-order valence-corrected chi connectivity index (χ1v) is 6.91. The van der Waals surface area contributed by atoms with Crippen molar-refractivity contribution in [2.24, 2.45) is 10.2 Å². The second kappa shape index (κ2) is 5.54. The molecule has 0 amide bonds. The van der Waals surface area contributed by atoms with Crippen molar-refractivity contribution in [3.05, 3.63) is 65.2 Å². The Morgan fingerprint density at radius 1 is 0.952 bits per heavy atom. The molecule has 0 unspecified atom stereocenters. The maximum atomic E-state index is 10.0. The SMILES string of the molecule is Cc1ccc(/N=N/c2c(O)ccc3ccccc23)c(Cl)c1. The molecule has 0 spiro atoms. The first-order chi connectivity index (χ1) is 10.1. The van der Waals surface area contributed by atoms with Crippen LogP contribution in [-0.4, -0.2) is 5.11 Å². The molecule has 3 rings (SSSR count). The zero-order chi connectivity index (χ0) is 14.8. The van der Waals surface area contributed by atoms with Crippen LogP contribution in [-0.2, 0) is 0 Å². The molecule has 1 N–H and O–H groups in total. The summed E-state index contributed by atoms with van der Waals surface area (Å²) in [5.41, 5.74) is 2.09. The number of benzene rings is 3. The van der Waals surface area contributed by atoms with E-state index in [-0.39, 0.29) is 5.75 Å². The fraction of sp³-hybridized carbons (Fsp3) is 0.0588. The lowest BCUT2D eigenvalue weighted by Gasteiger charge is -2.04. The molecule has 3 aromatic carbocycles. The predicted molar refractivity (Wildman–Crippen MR) is 86.0 cm³/mol. The molecule has 0 saturated heterocycles. The largest absolute Gasteiger partial charge is 0.506 e. The van der Waals surface area contributed by atoms with Gasteiger partial charge in [-0.2, -0.15) is 0 Å². The summed E-state index contributed by atoms with van der Waals surface area (Å²) in [6, 6.07) is 16.7. The second-order valence-electron chi connectivity index (χ2n) is 4.81. The Bertz CT molecular complexity index is 843. The Morgan fingerprint density at radius 3 is 2.57 bits per heavy atom. The lowest BCUT2D eigenvalue weighted by atomic mass is 10.1. The maximum absolute atomic E-state index is 10.0. The third-order valence-corrected chi connectivity index (χ3v) is 3.54. The van der Waals surface area contributed by atoms with Crippen LogP contribution in [0.2, 0.25) is 5.02 Å². The van der Waals surface area contributed by atoms with Gasteiger partial charge in [-0.1, -0.05) is 48.0 Å². The number of hydrogen-bond donors (Lipinski definition) is 1.